The van der Waals surface area contributed by atoms with Crippen molar-refractivity contribution in [2.75, 3.05) is 0 Å². The van der Waals surface area contributed by atoms with Crippen LogP contribution in [0, 0.1) is 0 Å². The molecule has 0 atom stereocenters. The van der Waals surface area contributed by atoms with Gasteiger partial charge in [-0.25, -0.2) is 4.99 Å². The summed E-state index contributed by atoms with van der Waals surface area (Å²) in [5.74, 6) is -1.26. The topological polar surface area (TPSA) is 62.3 Å². The molecule has 18 heavy (non-hydrogen) atoms. The SMILES string of the molecule is O=C1C=c2ccc3[nH]ccc3c2=NC1=O.[Na].[Na].[Na]. The van der Waals surface area contributed by atoms with E-state index in [1.807, 2.05) is 12.1 Å². The molecule has 2 aromatic rings. The molecule has 4 nitrogen and oxygen atoms in total. The van der Waals surface area contributed by atoms with E-state index in [1.165, 1.54) is 6.08 Å². The predicted molar refractivity (Wildman–Crippen MR) is 70.8 cm³/mol. The molecule has 1 aromatic heterocycles. The Bertz CT molecular complexity index is 721. The molecule has 0 fully saturated rings. The number of fused-ring (bicyclic) bond motifs is 3. The molecule has 7 heteroatoms. The van der Waals surface area contributed by atoms with Gasteiger partial charge in [-0.2, -0.15) is 0 Å². The summed E-state index contributed by atoms with van der Waals surface area (Å²) in [7, 11) is 0. The van der Waals surface area contributed by atoms with E-state index < -0.39 is 11.7 Å². The Labute approximate surface area is 169 Å². The van der Waals surface area contributed by atoms with E-state index in [2.05, 4.69) is 9.98 Å². The van der Waals surface area contributed by atoms with Crippen LogP contribution in [0.4, 0.5) is 0 Å². The second-order valence-corrected chi connectivity index (χ2v) is 3.37. The fourth-order valence-corrected chi connectivity index (χ4v) is 1.74. The molecule has 0 spiro atoms. The molecule has 3 radical (unpaired) electrons. The maximum atomic E-state index is 11.2. The third-order valence-electron chi connectivity index (χ3n) is 2.45. The Morgan fingerprint density at radius 2 is 1.72 bits per heavy atom. The first kappa shape index (κ1) is 18.8. The number of Topliss-reactive ketones (excluding diaryl/α,β-unsaturated/α-hetero) is 1. The zero-order valence-electron chi connectivity index (χ0n) is 10.7. The summed E-state index contributed by atoms with van der Waals surface area (Å²) in [5, 5.41) is 2.15. The molecular weight excluding hydrogens is 261 g/mol. The molecule has 1 N–H and O–H groups in total. The van der Waals surface area contributed by atoms with Gasteiger partial charge in [0, 0.05) is 117 Å². The minimum absolute atomic E-state index is 0. The average molecular weight is 267 g/mol. The summed E-state index contributed by atoms with van der Waals surface area (Å²) in [6, 6.07) is 5.49. The van der Waals surface area contributed by atoms with Crippen LogP contribution in [0.2, 0.25) is 0 Å². The molecule has 0 unspecified atom stereocenters. The minimum Gasteiger partial charge on any atom is -0.361 e. The summed E-state index contributed by atoms with van der Waals surface area (Å²) < 4.78 is 0. The van der Waals surface area contributed by atoms with Crippen molar-refractivity contribution >= 4 is 117 Å². The van der Waals surface area contributed by atoms with Crippen molar-refractivity contribution < 1.29 is 9.59 Å². The third-order valence-corrected chi connectivity index (χ3v) is 2.45. The fourth-order valence-electron chi connectivity index (χ4n) is 1.74. The molecule has 75 valence electrons. The largest absolute Gasteiger partial charge is 0.361 e. The number of hydrogen-bond donors (Lipinski definition) is 1. The number of carbonyl (C=O) groups excluding carboxylic acids is 2. The molecule has 1 amide bonds. The maximum Gasteiger partial charge on any atom is 0.318 e. The Kier molecular flexibility index (Phi) is 7.85. The van der Waals surface area contributed by atoms with Crippen molar-refractivity contribution in [3.8, 4) is 0 Å². The van der Waals surface area contributed by atoms with Gasteiger partial charge in [0.05, 0.1) is 5.36 Å². The number of carbonyl (C=O) groups is 2. The van der Waals surface area contributed by atoms with Crippen LogP contribution in [-0.4, -0.2) is 105 Å². The number of H-pyrrole nitrogens is 1. The van der Waals surface area contributed by atoms with Gasteiger partial charge < -0.3 is 4.98 Å². The number of rotatable bonds is 0. The smallest absolute Gasteiger partial charge is 0.318 e. The van der Waals surface area contributed by atoms with E-state index in [-0.39, 0.29) is 88.7 Å². The average Bonchev–Trinajstić information content (AvgIpc) is 2.68. The maximum absolute atomic E-state index is 11.2. The summed E-state index contributed by atoms with van der Waals surface area (Å²) in [4.78, 5) is 29.1. The molecule has 1 aromatic carbocycles. The quantitative estimate of drug-likeness (QED) is 0.468. The first-order chi connectivity index (χ1) is 7.25. The molecule has 0 bridgehead atoms. The van der Waals surface area contributed by atoms with Gasteiger partial charge in [-0.1, -0.05) is 6.07 Å². The van der Waals surface area contributed by atoms with Crippen LogP contribution in [-0.2, 0) is 9.59 Å². The zero-order valence-corrected chi connectivity index (χ0v) is 16.7. The van der Waals surface area contributed by atoms with Crippen molar-refractivity contribution in [2.24, 2.45) is 4.99 Å². The monoisotopic (exact) mass is 267 g/mol. The molecule has 3 rings (SSSR count). The van der Waals surface area contributed by atoms with Crippen LogP contribution < -0.4 is 10.6 Å². The van der Waals surface area contributed by atoms with Crippen LogP contribution in [0.1, 0.15) is 0 Å². The van der Waals surface area contributed by atoms with E-state index in [9.17, 15) is 9.59 Å². The molecule has 0 saturated carbocycles. The van der Waals surface area contributed by atoms with E-state index in [1.54, 1.807) is 12.3 Å². The van der Waals surface area contributed by atoms with E-state index in [0.29, 0.717) is 10.6 Å². The minimum atomic E-state index is -0.698. The molecular formula is C11H6N2Na3O2. The van der Waals surface area contributed by atoms with Gasteiger partial charge in [0.15, 0.2) is 0 Å². The second-order valence-electron chi connectivity index (χ2n) is 3.37. The number of hydrogen-bond acceptors (Lipinski definition) is 2. The summed E-state index contributed by atoms with van der Waals surface area (Å²) in [5.41, 5.74) is 0.910. The number of ketones is 1. The van der Waals surface area contributed by atoms with Crippen molar-refractivity contribution in [3.63, 3.8) is 0 Å². The van der Waals surface area contributed by atoms with E-state index >= 15 is 0 Å². The standard InChI is InChI=1S/C11H6N2O2.3Na/c14-9-5-6-1-2-8-7(3-4-12-8)10(6)13-11(9)15;;;/h1-5,12H;;;. The number of aromatic amines is 1. The van der Waals surface area contributed by atoms with Crippen LogP contribution >= 0.6 is 0 Å². The van der Waals surface area contributed by atoms with Gasteiger partial charge in [-0.15, -0.1) is 0 Å². The fraction of sp³-hybridized carbons (Fsp3) is 0. The third kappa shape index (κ3) is 3.26. The van der Waals surface area contributed by atoms with Gasteiger partial charge in [0.1, 0.15) is 0 Å². The first-order valence-electron chi connectivity index (χ1n) is 4.50. The molecule has 1 aliphatic rings. The van der Waals surface area contributed by atoms with Gasteiger partial charge in [-0.3, -0.25) is 9.59 Å². The Balaban J connectivity index is 0.000000963. The second kappa shape index (κ2) is 7.53. The van der Waals surface area contributed by atoms with Crippen LogP contribution in [0.25, 0.3) is 17.0 Å². The Morgan fingerprint density at radius 3 is 2.44 bits per heavy atom. The first-order valence-corrected chi connectivity index (χ1v) is 4.50. The number of nitrogens with zero attached hydrogens (tertiary/aromatic N) is 1. The van der Waals surface area contributed by atoms with E-state index in [0.717, 1.165) is 10.9 Å². The predicted octanol–water partition coefficient (Wildman–Crippen LogP) is -1.47. The van der Waals surface area contributed by atoms with Crippen molar-refractivity contribution in [1.82, 2.24) is 4.98 Å². The number of benzene rings is 1. The number of nitrogens with one attached hydrogen (secondary N) is 1. The molecule has 0 aliphatic carbocycles. The van der Waals surface area contributed by atoms with Crippen molar-refractivity contribution in [2.45, 2.75) is 0 Å². The van der Waals surface area contributed by atoms with Crippen LogP contribution in [0.15, 0.2) is 29.4 Å². The normalized spacial score (nSPS) is 12.2. The summed E-state index contributed by atoms with van der Waals surface area (Å²) >= 11 is 0. The van der Waals surface area contributed by atoms with Gasteiger partial charge in [0.2, 0.25) is 5.78 Å². The number of aromatic nitrogens is 1. The number of amides is 1. The van der Waals surface area contributed by atoms with Crippen molar-refractivity contribution in [3.05, 3.63) is 35.0 Å². The van der Waals surface area contributed by atoms with E-state index in [4.69, 9.17) is 0 Å². The molecule has 1 aliphatic heterocycles. The Morgan fingerprint density at radius 1 is 1.00 bits per heavy atom. The van der Waals surface area contributed by atoms with Crippen molar-refractivity contribution in [1.29, 1.82) is 0 Å². The van der Waals surface area contributed by atoms with Crippen LogP contribution in [0.5, 0.6) is 0 Å². The Hall–Kier alpha value is 0.770. The summed E-state index contributed by atoms with van der Waals surface area (Å²) in [6.07, 6.45) is 3.11. The zero-order chi connectivity index (χ0) is 10.4. The van der Waals surface area contributed by atoms with Gasteiger partial charge >= 0.3 is 5.91 Å². The summed E-state index contributed by atoms with van der Waals surface area (Å²) in [6.45, 7) is 0. The van der Waals surface area contributed by atoms with Gasteiger partial charge in [0.25, 0.3) is 0 Å². The van der Waals surface area contributed by atoms with Crippen LogP contribution in [0.3, 0.4) is 0 Å². The molecule has 0 saturated heterocycles. The van der Waals surface area contributed by atoms with Gasteiger partial charge in [-0.05, 0) is 12.1 Å². The molecule has 2 heterocycles.